The molecule has 1 aromatic rings. The third kappa shape index (κ3) is 2.01. The van der Waals surface area contributed by atoms with E-state index in [1.807, 2.05) is 0 Å². The van der Waals surface area contributed by atoms with Crippen LogP contribution in [0.2, 0.25) is 0 Å². The van der Waals surface area contributed by atoms with Crippen molar-refractivity contribution in [2.24, 2.45) is 11.8 Å². The third-order valence-electron chi connectivity index (χ3n) is 2.47. The van der Waals surface area contributed by atoms with Crippen LogP contribution in [0.5, 0.6) is 0 Å². The lowest BCUT2D eigenvalue weighted by Crippen LogP contribution is -2.03. The average molecular weight is 213 g/mol. The van der Waals surface area contributed by atoms with Gasteiger partial charge in [0.2, 0.25) is 0 Å². The summed E-state index contributed by atoms with van der Waals surface area (Å²) in [5.41, 5.74) is 0. The number of nitro groups is 1. The molecule has 1 aromatic heterocycles. The summed E-state index contributed by atoms with van der Waals surface area (Å²) in [6, 6.07) is 0. The fraction of sp³-hybridized carbons (Fsp3) is 0.625. The first-order valence-electron chi connectivity index (χ1n) is 4.51. The fourth-order valence-corrected chi connectivity index (χ4v) is 1.97. The largest absolute Gasteiger partial charge is 0.361 e. The highest BCUT2D eigenvalue weighted by atomic mass is 32.1. The van der Waals surface area contributed by atoms with Gasteiger partial charge < -0.3 is 5.32 Å². The van der Waals surface area contributed by atoms with Crippen LogP contribution < -0.4 is 5.32 Å². The van der Waals surface area contributed by atoms with Crippen LogP contribution in [0, 0.1) is 22.0 Å². The van der Waals surface area contributed by atoms with E-state index in [1.54, 1.807) is 0 Å². The topological polar surface area (TPSA) is 68.1 Å². The van der Waals surface area contributed by atoms with E-state index in [-0.39, 0.29) is 5.00 Å². The first-order chi connectivity index (χ1) is 6.66. The minimum Gasteiger partial charge on any atom is -0.361 e. The van der Waals surface area contributed by atoms with Crippen molar-refractivity contribution < 1.29 is 4.92 Å². The molecule has 76 valence electrons. The molecule has 1 saturated carbocycles. The number of anilines is 1. The Morgan fingerprint density at radius 1 is 1.86 bits per heavy atom. The zero-order valence-electron chi connectivity index (χ0n) is 7.77. The molecule has 1 fully saturated rings. The lowest BCUT2D eigenvalue weighted by atomic mass is 10.3. The highest BCUT2D eigenvalue weighted by Gasteiger charge is 2.32. The van der Waals surface area contributed by atoms with Gasteiger partial charge in [-0.05, 0) is 29.6 Å². The molecule has 0 aromatic carbocycles. The summed E-state index contributed by atoms with van der Waals surface area (Å²) in [6.07, 6.45) is 2.55. The van der Waals surface area contributed by atoms with Gasteiger partial charge in [0.1, 0.15) is 6.20 Å². The zero-order valence-corrected chi connectivity index (χ0v) is 8.58. The van der Waals surface area contributed by atoms with Crippen LogP contribution in [-0.4, -0.2) is 16.5 Å². The van der Waals surface area contributed by atoms with Crippen LogP contribution in [0.3, 0.4) is 0 Å². The number of nitrogens with one attached hydrogen (secondary N) is 1. The second-order valence-corrected chi connectivity index (χ2v) is 4.62. The highest BCUT2D eigenvalue weighted by Crippen LogP contribution is 2.38. The highest BCUT2D eigenvalue weighted by molar-refractivity contribution is 7.18. The van der Waals surface area contributed by atoms with Crippen molar-refractivity contribution in [1.82, 2.24) is 4.98 Å². The van der Waals surface area contributed by atoms with Crippen molar-refractivity contribution in [3.8, 4) is 0 Å². The lowest BCUT2D eigenvalue weighted by Gasteiger charge is -1.98. The van der Waals surface area contributed by atoms with Crippen LogP contribution >= 0.6 is 11.3 Å². The number of thiazole rings is 1. The summed E-state index contributed by atoms with van der Waals surface area (Å²) in [5, 5.41) is 14.2. The molecule has 14 heavy (non-hydrogen) atoms. The Morgan fingerprint density at radius 3 is 3.07 bits per heavy atom. The first kappa shape index (κ1) is 9.39. The van der Waals surface area contributed by atoms with E-state index in [9.17, 15) is 10.1 Å². The molecule has 0 amide bonds. The van der Waals surface area contributed by atoms with Gasteiger partial charge in [-0.1, -0.05) is 6.92 Å². The van der Waals surface area contributed by atoms with E-state index >= 15 is 0 Å². The molecule has 2 atom stereocenters. The summed E-state index contributed by atoms with van der Waals surface area (Å²) in [5.74, 6) is 1.51. The molecule has 1 aliphatic rings. The van der Waals surface area contributed by atoms with Crippen molar-refractivity contribution in [2.75, 3.05) is 11.9 Å². The molecule has 2 unspecified atom stereocenters. The molecule has 1 heterocycles. The Balaban J connectivity index is 1.87. The van der Waals surface area contributed by atoms with Gasteiger partial charge in [0, 0.05) is 6.54 Å². The monoisotopic (exact) mass is 213 g/mol. The second kappa shape index (κ2) is 3.53. The number of nitrogens with zero attached hydrogens (tertiary/aromatic N) is 2. The minimum absolute atomic E-state index is 0.0938. The number of rotatable bonds is 4. The molecule has 0 saturated heterocycles. The van der Waals surface area contributed by atoms with Gasteiger partial charge in [-0.2, -0.15) is 0 Å². The minimum atomic E-state index is -0.414. The molecule has 2 rings (SSSR count). The first-order valence-corrected chi connectivity index (χ1v) is 5.32. The third-order valence-corrected chi connectivity index (χ3v) is 3.37. The van der Waals surface area contributed by atoms with Crippen molar-refractivity contribution in [1.29, 1.82) is 0 Å². The lowest BCUT2D eigenvalue weighted by molar-refractivity contribution is -0.380. The SMILES string of the molecule is CC1CC1CNc1ncc([N+](=O)[O-])s1. The Morgan fingerprint density at radius 2 is 2.57 bits per heavy atom. The quantitative estimate of drug-likeness (QED) is 0.614. The number of aromatic nitrogens is 1. The molecule has 6 heteroatoms. The molecule has 0 aliphatic heterocycles. The predicted molar refractivity (Wildman–Crippen MR) is 54.5 cm³/mol. The Hall–Kier alpha value is -1.17. The molecule has 0 bridgehead atoms. The maximum atomic E-state index is 10.4. The summed E-state index contributed by atoms with van der Waals surface area (Å²) in [6.45, 7) is 3.09. The summed E-state index contributed by atoms with van der Waals surface area (Å²) in [4.78, 5) is 13.9. The van der Waals surface area contributed by atoms with Gasteiger partial charge in [-0.25, -0.2) is 4.98 Å². The zero-order chi connectivity index (χ0) is 10.1. The van der Waals surface area contributed by atoms with E-state index in [0.29, 0.717) is 5.13 Å². The molecule has 0 spiro atoms. The molecule has 0 radical (unpaired) electrons. The molecule has 1 N–H and O–H groups in total. The van der Waals surface area contributed by atoms with Crippen molar-refractivity contribution >= 4 is 21.5 Å². The van der Waals surface area contributed by atoms with Crippen molar-refractivity contribution in [3.63, 3.8) is 0 Å². The van der Waals surface area contributed by atoms with Crippen LogP contribution in [0.1, 0.15) is 13.3 Å². The summed E-state index contributed by atoms with van der Waals surface area (Å²) >= 11 is 1.09. The standard InChI is InChI=1S/C8H11N3O2S/c1-5-2-6(5)3-9-8-10-4-7(14-8)11(12)13/h4-6H,2-3H2,1H3,(H,9,10). The van der Waals surface area contributed by atoms with E-state index in [0.717, 1.165) is 29.7 Å². The van der Waals surface area contributed by atoms with Gasteiger partial charge >= 0.3 is 5.00 Å². The molecule has 1 aliphatic carbocycles. The molecule has 5 nitrogen and oxygen atoms in total. The van der Waals surface area contributed by atoms with Crippen molar-refractivity contribution in [2.45, 2.75) is 13.3 Å². The van der Waals surface area contributed by atoms with Gasteiger partial charge in [-0.3, -0.25) is 10.1 Å². The number of hydrogen-bond acceptors (Lipinski definition) is 5. The average Bonchev–Trinajstić information content (AvgIpc) is 2.68. The van der Waals surface area contributed by atoms with Crippen LogP contribution in [0.15, 0.2) is 6.20 Å². The number of hydrogen-bond donors (Lipinski definition) is 1. The van der Waals surface area contributed by atoms with Crippen LogP contribution in [-0.2, 0) is 0 Å². The Labute approximate surface area is 85.3 Å². The summed E-state index contributed by atoms with van der Waals surface area (Å²) in [7, 11) is 0. The second-order valence-electron chi connectivity index (χ2n) is 3.61. The predicted octanol–water partition coefficient (Wildman–Crippen LogP) is 2.12. The molecular weight excluding hydrogens is 202 g/mol. The van der Waals surface area contributed by atoms with Crippen molar-refractivity contribution in [3.05, 3.63) is 16.3 Å². The maximum Gasteiger partial charge on any atom is 0.345 e. The van der Waals surface area contributed by atoms with E-state index in [1.165, 1.54) is 12.6 Å². The smallest absolute Gasteiger partial charge is 0.345 e. The Kier molecular flexibility index (Phi) is 2.37. The van der Waals surface area contributed by atoms with E-state index in [4.69, 9.17) is 0 Å². The van der Waals surface area contributed by atoms with E-state index in [2.05, 4.69) is 17.2 Å². The van der Waals surface area contributed by atoms with Gasteiger partial charge in [0.05, 0.1) is 4.92 Å². The van der Waals surface area contributed by atoms with Crippen LogP contribution in [0.4, 0.5) is 10.1 Å². The van der Waals surface area contributed by atoms with Gasteiger partial charge in [0.15, 0.2) is 5.13 Å². The Bertz CT molecular complexity index is 352. The maximum absolute atomic E-state index is 10.4. The summed E-state index contributed by atoms with van der Waals surface area (Å²) < 4.78 is 0. The normalized spacial score (nSPS) is 24.6. The fourth-order valence-electron chi connectivity index (χ4n) is 1.33. The van der Waals surface area contributed by atoms with E-state index < -0.39 is 4.92 Å². The van der Waals surface area contributed by atoms with Gasteiger partial charge in [-0.15, -0.1) is 0 Å². The van der Waals surface area contributed by atoms with Gasteiger partial charge in [0.25, 0.3) is 0 Å². The molecular formula is C8H11N3O2S. The van der Waals surface area contributed by atoms with Crippen LogP contribution in [0.25, 0.3) is 0 Å².